The number of carbonyl (C=O) groups excluding carboxylic acids is 1. The molecule has 0 saturated heterocycles. The minimum atomic E-state index is -0.487. The molecule has 0 unspecified atom stereocenters. The quantitative estimate of drug-likeness (QED) is 0.405. The number of rotatable bonds is 7. The van der Waals surface area contributed by atoms with Crippen molar-refractivity contribution in [3.05, 3.63) is 59.5 Å². The first-order chi connectivity index (χ1) is 16.1. The Morgan fingerprint density at radius 1 is 1.21 bits per heavy atom. The Balaban J connectivity index is 1.48. The van der Waals surface area contributed by atoms with E-state index in [0.717, 1.165) is 5.56 Å². The van der Waals surface area contributed by atoms with Crippen LogP contribution in [0.3, 0.4) is 0 Å². The fraction of sp³-hybridized carbons (Fsp3) is 0.348. The zero-order valence-corrected chi connectivity index (χ0v) is 19.6. The monoisotopic (exact) mass is 464 g/mol. The van der Waals surface area contributed by atoms with E-state index >= 15 is 0 Å². The van der Waals surface area contributed by atoms with Gasteiger partial charge >= 0.3 is 0 Å². The normalized spacial score (nSPS) is 11.6. The average Bonchev–Trinajstić information content (AvgIpc) is 3.43. The molecule has 0 aliphatic carbocycles. The molecule has 176 valence electrons. The number of hydrogen-bond acceptors (Lipinski definition) is 9. The van der Waals surface area contributed by atoms with Gasteiger partial charge in [0.05, 0.1) is 17.4 Å². The SMILES string of the molecule is Cc1cc(-c2ncnc(Nc3cnn(C)c3)n2)c(F)cc1CCC(=O)c1nc(C(C)(C)C)no1. The smallest absolute Gasteiger partial charge is 0.294 e. The third kappa shape index (κ3) is 5.13. The van der Waals surface area contributed by atoms with Gasteiger partial charge in [-0.25, -0.2) is 14.4 Å². The highest BCUT2D eigenvalue weighted by molar-refractivity contribution is 5.91. The summed E-state index contributed by atoms with van der Waals surface area (Å²) in [7, 11) is 1.79. The second kappa shape index (κ2) is 9.08. The highest BCUT2D eigenvalue weighted by Gasteiger charge is 2.24. The summed E-state index contributed by atoms with van der Waals surface area (Å²) in [4.78, 5) is 29.2. The Kier molecular flexibility index (Phi) is 6.18. The number of nitrogens with zero attached hydrogens (tertiary/aromatic N) is 7. The molecule has 0 spiro atoms. The maximum absolute atomic E-state index is 15.0. The highest BCUT2D eigenvalue weighted by Crippen LogP contribution is 2.25. The summed E-state index contributed by atoms with van der Waals surface area (Å²) in [5.74, 6) is 0.148. The van der Waals surface area contributed by atoms with Crippen molar-refractivity contribution < 1.29 is 13.7 Å². The molecular formula is C23H25FN8O2. The van der Waals surface area contributed by atoms with Crippen molar-refractivity contribution in [3.8, 4) is 11.4 Å². The molecule has 1 N–H and O–H groups in total. The second-order valence-corrected chi connectivity index (χ2v) is 9.02. The lowest BCUT2D eigenvalue weighted by molar-refractivity contribution is 0.0940. The number of aryl methyl sites for hydroxylation is 3. The molecule has 3 heterocycles. The summed E-state index contributed by atoms with van der Waals surface area (Å²) >= 11 is 0. The van der Waals surface area contributed by atoms with Crippen LogP contribution in [0.25, 0.3) is 11.4 Å². The van der Waals surface area contributed by atoms with Crippen molar-refractivity contribution >= 4 is 17.4 Å². The third-order valence-corrected chi connectivity index (χ3v) is 5.16. The van der Waals surface area contributed by atoms with Crippen molar-refractivity contribution in [2.75, 3.05) is 5.32 Å². The summed E-state index contributed by atoms with van der Waals surface area (Å²) in [6.45, 7) is 7.65. The molecule has 4 rings (SSSR count). The first kappa shape index (κ1) is 23.1. The first-order valence-corrected chi connectivity index (χ1v) is 10.7. The summed E-state index contributed by atoms with van der Waals surface area (Å²) in [5, 5.41) is 11.0. The van der Waals surface area contributed by atoms with Gasteiger partial charge in [0, 0.05) is 25.1 Å². The van der Waals surface area contributed by atoms with Crippen LogP contribution in [0.2, 0.25) is 0 Å². The molecular weight excluding hydrogens is 439 g/mol. The molecule has 0 amide bonds. The molecule has 0 aliphatic heterocycles. The zero-order chi connectivity index (χ0) is 24.5. The van der Waals surface area contributed by atoms with Crippen molar-refractivity contribution in [1.29, 1.82) is 0 Å². The van der Waals surface area contributed by atoms with Gasteiger partial charge in [0.1, 0.15) is 12.1 Å². The molecule has 11 heteroatoms. The van der Waals surface area contributed by atoms with Crippen LogP contribution < -0.4 is 5.32 Å². The van der Waals surface area contributed by atoms with Gasteiger partial charge in [0.2, 0.25) is 11.7 Å². The van der Waals surface area contributed by atoms with Crippen molar-refractivity contribution in [2.45, 2.75) is 46.0 Å². The summed E-state index contributed by atoms with van der Waals surface area (Å²) in [5.41, 5.74) is 2.14. The van der Waals surface area contributed by atoms with Crippen LogP contribution in [0.4, 0.5) is 16.0 Å². The number of hydrogen-bond donors (Lipinski definition) is 1. The van der Waals surface area contributed by atoms with E-state index in [1.807, 2.05) is 27.7 Å². The number of nitrogens with one attached hydrogen (secondary N) is 1. The van der Waals surface area contributed by atoms with Gasteiger partial charge in [-0.2, -0.15) is 15.1 Å². The molecule has 34 heavy (non-hydrogen) atoms. The Labute approximate surface area is 195 Å². The minimum Gasteiger partial charge on any atom is -0.331 e. The van der Waals surface area contributed by atoms with Gasteiger partial charge < -0.3 is 9.84 Å². The van der Waals surface area contributed by atoms with Crippen molar-refractivity contribution in [1.82, 2.24) is 34.9 Å². The zero-order valence-electron chi connectivity index (χ0n) is 19.6. The van der Waals surface area contributed by atoms with Gasteiger partial charge in [-0.1, -0.05) is 25.9 Å². The maximum atomic E-state index is 15.0. The summed E-state index contributed by atoms with van der Waals surface area (Å²) in [6, 6.07) is 3.08. The van der Waals surface area contributed by atoms with Gasteiger partial charge in [0.25, 0.3) is 5.89 Å². The van der Waals surface area contributed by atoms with E-state index in [1.165, 1.54) is 12.4 Å². The average molecular weight is 465 g/mol. The molecule has 4 aromatic rings. The van der Waals surface area contributed by atoms with Gasteiger partial charge in [0.15, 0.2) is 11.6 Å². The number of ketones is 1. The van der Waals surface area contributed by atoms with Crippen LogP contribution in [0, 0.1) is 12.7 Å². The van der Waals surface area contributed by atoms with Crippen LogP contribution in [-0.2, 0) is 18.9 Å². The van der Waals surface area contributed by atoms with Crippen molar-refractivity contribution in [3.63, 3.8) is 0 Å². The summed E-state index contributed by atoms with van der Waals surface area (Å²) in [6.07, 6.45) is 5.17. The maximum Gasteiger partial charge on any atom is 0.294 e. The predicted octanol–water partition coefficient (Wildman–Crippen LogP) is 3.96. The number of aromatic nitrogens is 7. The first-order valence-electron chi connectivity index (χ1n) is 10.7. The number of carbonyl (C=O) groups is 1. The minimum absolute atomic E-state index is 0.0292. The van der Waals surface area contributed by atoms with Crippen LogP contribution in [0.1, 0.15) is 54.8 Å². The van der Waals surface area contributed by atoms with E-state index < -0.39 is 5.82 Å². The molecule has 10 nitrogen and oxygen atoms in total. The van der Waals surface area contributed by atoms with E-state index in [4.69, 9.17) is 4.52 Å². The third-order valence-electron chi connectivity index (χ3n) is 5.16. The van der Waals surface area contributed by atoms with E-state index in [1.54, 1.807) is 30.2 Å². The molecule has 0 saturated carbocycles. The number of anilines is 2. The standard InChI is InChI=1S/C23H25FN8O2/c1-13-8-16(19-25-12-26-22(29-19)28-15-10-27-32(5)11-15)17(24)9-14(13)6-7-18(33)20-30-21(31-34-20)23(2,3)4/h8-12H,6-7H2,1-5H3,(H,25,26,28,29). The fourth-order valence-electron chi connectivity index (χ4n) is 3.26. The van der Waals surface area contributed by atoms with E-state index in [-0.39, 0.29) is 40.8 Å². The van der Waals surface area contributed by atoms with Crippen LogP contribution >= 0.6 is 0 Å². The van der Waals surface area contributed by atoms with Crippen molar-refractivity contribution in [2.24, 2.45) is 7.05 Å². The van der Waals surface area contributed by atoms with E-state index in [2.05, 4.69) is 35.5 Å². The predicted molar refractivity (Wildman–Crippen MR) is 122 cm³/mol. The Bertz CT molecular complexity index is 1340. The fourth-order valence-corrected chi connectivity index (χ4v) is 3.26. The topological polar surface area (TPSA) is 125 Å². The Morgan fingerprint density at radius 3 is 2.68 bits per heavy atom. The van der Waals surface area contributed by atoms with E-state index in [9.17, 15) is 9.18 Å². The number of benzene rings is 1. The van der Waals surface area contributed by atoms with Gasteiger partial charge in [-0.15, -0.1) is 0 Å². The molecule has 0 fully saturated rings. The van der Waals surface area contributed by atoms with Crippen LogP contribution in [0.5, 0.6) is 0 Å². The molecule has 1 aromatic carbocycles. The largest absolute Gasteiger partial charge is 0.331 e. The lowest BCUT2D eigenvalue weighted by atomic mass is 9.96. The van der Waals surface area contributed by atoms with Gasteiger partial charge in [-0.05, 0) is 36.6 Å². The molecule has 3 aromatic heterocycles. The molecule has 0 aliphatic rings. The Hall–Kier alpha value is -4.02. The molecule has 0 radical (unpaired) electrons. The second-order valence-electron chi connectivity index (χ2n) is 9.02. The number of Topliss-reactive ketones (excluding diaryl/α,β-unsaturated/α-hetero) is 1. The van der Waals surface area contributed by atoms with Crippen LogP contribution in [0.15, 0.2) is 35.4 Å². The highest BCUT2D eigenvalue weighted by atomic mass is 19.1. The molecule has 0 bridgehead atoms. The van der Waals surface area contributed by atoms with E-state index in [0.29, 0.717) is 23.5 Å². The Morgan fingerprint density at radius 2 is 2.00 bits per heavy atom. The van der Waals surface area contributed by atoms with Gasteiger partial charge in [-0.3, -0.25) is 9.48 Å². The lowest BCUT2D eigenvalue weighted by Crippen LogP contribution is -2.13. The molecule has 0 atom stereocenters. The van der Waals surface area contributed by atoms with Crippen LogP contribution in [-0.4, -0.2) is 40.7 Å². The lowest BCUT2D eigenvalue weighted by Gasteiger charge is -2.11. The number of halogens is 1. The summed E-state index contributed by atoms with van der Waals surface area (Å²) < 4.78 is 21.7.